The maximum Gasteiger partial charge on any atom is 0.206 e. The quantitative estimate of drug-likeness (QED) is 0.508. The lowest BCUT2D eigenvalue weighted by Crippen LogP contribution is -2.08. The molecule has 2 aromatic carbocycles. The molecule has 2 rings (SSSR count). The average molecular weight is 321 g/mol. The van der Waals surface area contributed by atoms with Gasteiger partial charge in [0.05, 0.1) is 21.2 Å². The van der Waals surface area contributed by atoms with Crippen molar-refractivity contribution in [1.29, 1.82) is 0 Å². The highest BCUT2D eigenvalue weighted by molar-refractivity contribution is 7.91. The van der Waals surface area contributed by atoms with E-state index in [9.17, 15) is 13.6 Å². The van der Waals surface area contributed by atoms with Crippen LogP contribution in [-0.2, 0) is 9.84 Å². The minimum atomic E-state index is -3.74. The van der Waals surface area contributed by atoms with E-state index in [1.165, 1.54) is 48.5 Å². The van der Waals surface area contributed by atoms with Crippen molar-refractivity contribution in [2.24, 2.45) is 5.16 Å². The molecule has 0 aliphatic rings. The molecule has 116 valence electrons. The number of hydrogen-bond acceptors (Lipinski definition) is 7. The molecule has 2 N–H and O–H groups in total. The molecule has 0 bridgehead atoms. The van der Waals surface area contributed by atoms with Crippen molar-refractivity contribution in [3.8, 4) is 0 Å². The highest BCUT2D eigenvalue weighted by atomic mass is 32.2. The van der Waals surface area contributed by atoms with Crippen LogP contribution in [0.2, 0.25) is 0 Å². The summed E-state index contributed by atoms with van der Waals surface area (Å²) in [5, 5.41) is 30.8. The zero-order valence-electron chi connectivity index (χ0n) is 11.5. The van der Waals surface area contributed by atoms with Gasteiger partial charge in [0.25, 0.3) is 0 Å². The lowest BCUT2D eigenvalue weighted by Gasteiger charge is -2.21. The van der Waals surface area contributed by atoms with E-state index >= 15 is 0 Å². The number of nitrogens with zero attached hydrogens (tertiary/aromatic N) is 2. The van der Waals surface area contributed by atoms with E-state index in [1.807, 2.05) is 0 Å². The summed E-state index contributed by atoms with van der Waals surface area (Å²) < 4.78 is 24.9. The van der Waals surface area contributed by atoms with Crippen LogP contribution in [-0.4, -0.2) is 24.5 Å². The van der Waals surface area contributed by atoms with E-state index in [-0.39, 0.29) is 20.7 Å². The monoisotopic (exact) mass is 321 g/mol. The van der Waals surface area contributed by atoms with E-state index in [2.05, 4.69) is 5.16 Å². The summed E-state index contributed by atoms with van der Waals surface area (Å²) in [4.78, 5) is 0.0658. The van der Waals surface area contributed by atoms with Gasteiger partial charge in [-0.15, -0.1) is 0 Å². The fourth-order valence-electron chi connectivity index (χ4n) is 1.82. The number of anilines is 1. The molecular weight excluding hydrogens is 308 g/mol. The van der Waals surface area contributed by atoms with Crippen LogP contribution in [0, 0.1) is 5.21 Å². The van der Waals surface area contributed by atoms with Crippen LogP contribution in [0.1, 0.15) is 12.5 Å². The van der Waals surface area contributed by atoms with Gasteiger partial charge in [0.1, 0.15) is 0 Å². The lowest BCUT2D eigenvalue weighted by molar-refractivity contribution is 0.296. The van der Waals surface area contributed by atoms with Gasteiger partial charge in [-0.05, 0) is 48.9 Å². The van der Waals surface area contributed by atoms with Crippen LogP contribution in [0.3, 0.4) is 0 Å². The van der Waals surface area contributed by atoms with Gasteiger partial charge in [0.15, 0.2) is 0 Å². The maximum atomic E-state index is 12.4. The first-order valence-corrected chi connectivity index (χ1v) is 7.65. The Morgan fingerprint density at radius 1 is 1.05 bits per heavy atom. The lowest BCUT2D eigenvalue weighted by atomic mass is 10.1. The predicted octanol–water partition coefficient (Wildman–Crippen LogP) is 2.41. The second-order valence-electron chi connectivity index (χ2n) is 4.48. The van der Waals surface area contributed by atoms with Crippen LogP contribution in [0.4, 0.5) is 5.69 Å². The van der Waals surface area contributed by atoms with Gasteiger partial charge in [-0.2, -0.15) is 0 Å². The highest BCUT2D eigenvalue weighted by Crippen LogP contribution is 2.23. The van der Waals surface area contributed by atoms with Crippen LogP contribution in [0.15, 0.2) is 63.5 Å². The predicted molar refractivity (Wildman–Crippen MR) is 80.0 cm³/mol. The normalized spacial score (nSPS) is 12.2. The van der Waals surface area contributed by atoms with Gasteiger partial charge < -0.3 is 15.6 Å². The number of sulfone groups is 1. The standard InChI is InChI=1S/C14H13N2O5S/c1-10(15-17)11-2-6-13(7-3-11)22(20,21)14-8-4-12(5-9-14)16(18)19/h2-9,17-18H,1H3/q-1. The number of rotatable bonds is 4. The molecule has 0 fully saturated rings. The van der Waals surface area contributed by atoms with Gasteiger partial charge in [-0.3, -0.25) is 5.21 Å². The first kappa shape index (κ1) is 16.0. The van der Waals surface area contributed by atoms with E-state index in [0.29, 0.717) is 11.3 Å². The van der Waals surface area contributed by atoms with E-state index < -0.39 is 9.84 Å². The summed E-state index contributed by atoms with van der Waals surface area (Å²) >= 11 is 0. The Kier molecular flexibility index (Phi) is 4.45. The van der Waals surface area contributed by atoms with Gasteiger partial charge in [-0.1, -0.05) is 17.3 Å². The minimum absolute atomic E-state index is 0.00148. The van der Waals surface area contributed by atoms with E-state index in [0.717, 1.165) is 0 Å². The van der Waals surface area contributed by atoms with E-state index in [1.54, 1.807) is 6.92 Å². The molecule has 0 unspecified atom stereocenters. The second kappa shape index (κ2) is 6.14. The van der Waals surface area contributed by atoms with Crippen molar-refractivity contribution < 1.29 is 18.8 Å². The summed E-state index contributed by atoms with van der Waals surface area (Å²) in [6, 6.07) is 10.7. The Morgan fingerprint density at radius 2 is 1.50 bits per heavy atom. The van der Waals surface area contributed by atoms with Crippen LogP contribution >= 0.6 is 0 Å². The third-order valence-electron chi connectivity index (χ3n) is 3.10. The molecule has 0 saturated heterocycles. The molecule has 0 saturated carbocycles. The molecule has 0 aliphatic carbocycles. The van der Waals surface area contributed by atoms with Crippen LogP contribution in [0.5, 0.6) is 0 Å². The molecule has 0 atom stereocenters. The molecule has 0 spiro atoms. The molecule has 2 aromatic rings. The molecule has 0 aliphatic heterocycles. The van der Waals surface area contributed by atoms with Crippen molar-refractivity contribution in [1.82, 2.24) is 0 Å². The minimum Gasteiger partial charge on any atom is -0.733 e. The smallest absolute Gasteiger partial charge is 0.206 e. The largest absolute Gasteiger partial charge is 0.733 e. The van der Waals surface area contributed by atoms with Crippen LogP contribution < -0.4 is 5.23 Å². The summed E-state index contributed by atoms with van der Waals surface area (Å²) in [6.45, 7) is 1.59. The third-order valence-corrected chi connectivity index (χ3v) is 4.89. The molecule has 0 radical (unpaired) electrons. The van der Waals surface area contributed by atoms with Crippen molar-refractivity contribution in [2.45, 2.75) is 16.7 Å². The molecule has 8 heteroatoms. The van der Waals surface area contributed by atoms with Crippen molar-refractivity contribution in [3.05, 3.63) is 59.3 Å². The highest BCUT2D eigenvalue weighted by Gasteiger charge is 2.17. The summed E-state index contributed by atoms with van der Waals surface area (Å²) in [5.74, 6) is 0. The molecule has 0 aromatic heterocycles. The Morgan fingerprint density at radius 3 is 1.91 bits per heavy atom. The Hall–Kier alpha value is -2.42. The average Bonchev–Trinajstić information content (AvgIpc) is 2.54. The fourth-order valence-corrected chi connectivity index (χ4v) is 3.08. The third kappa shape index (κ3) is 3.08. The summed E-state index contributed by atoms with van der Waals surface area (Å²) in [7, 11) is -3.74. The maximum absolute atomic E-state index is 12.4. The Balaban J connectivity index is 2.37. The molecule has 22 heavy (non-hydrogen) atoms. The molecule has 0 heterocycles. The summed E-state index contributed by atoms with van der Waals surface area (Å²) in [6.07, 6.45) is 0. The fraction of sp³-hybridized carbons (Fsp3) is 0.0714. The molecule has 7 nitrogen and oxygen atoms in total. The van der Waals surface area contributed by atoms with Crippen molar-refractivity contribution in [3.63, 3.8) is 0 Å². The van der Waals surface area contributed by atoms with Crippen LogP contribution in [0.25, 0.3) is 0 Å². The first-order valence-electron chi connectivity index (χ1n) is 6.16. The van der Waals surface area contributed by atoms with Crippen molar-refractivity contribution in [2.75, 3.05) is 5.23 Å². The van der Waals surface area contributed by atoms with E-state index in [4.69, 9.17) is 10.4 Å². The zero-order valence-corrected chi connectivity index (χ0v) is 12.4. The molecular formula is C14H13N2O5S-. The number of hydrogen-bond donors (Lipinski definition) is 2. The SMILES string of the molecule is CC(=NO)c1ccc(S(=O)(=O)c2ccc(N([O-])O)cc2)cc1. The zero-order chi connectivity index (χ0) is 16.3. The van der Waals surface area contributed by atoms with Crippen molar-refractivity contribution >= 4 is 21.2 Å². The number of benzene rings is 2. The molecule has 0 amide bonds. The Labute approximate surface area is 127 Å². The summed E-state index contributed by atoms with van der Waals surface area (Å²) in [5.41, 5.74) is 0.898. The first-order chi connectivity index (χ1) is 10.4. The second-order valence-corrected chi connectivity index (χ2v) is 6.43. The number of oxime groups is 1. The van der Waals surface area contributed by atoms with Gasteiger partial charge in [-0.25, -0.2) is 8.42 Å². The Bertz CT molecular complexity index is 781. The van der Waals surface area contributed by atoms with Gasteiger partial charge in [0.2, 0.25) is 9.84 Å². The van der Waals surface area contributed by atoms with Gasteiger partial charge >= 0.3 is 0 Å². The topological polar surface area (TPSA) is 113 Å². The van der Waals surface area contributed by atoms with Gasteiger partial charge in [0, 0.05) is 0 Å².